The molecule has 0 atom stereocenters. The van der Waals surface area contributed by atoms with Crippen LogP contribution in [0.5, 0.6) is 0 Å². The van der Waals surface area contributed by atoms with Crippen molar-refractivity contribution < 1.29 is 9.18 Å². The third-order valence-electron chi connectivity index (χ3n) is 2.26. The molecule has 0 aliphatic rings. The van der Waals surface area contributed by atoms with E-state index in [2.05, 4.69) is 26.6 Å². The number of amides is 2. The Balaban J connectivity index is 2.05. The van der Waals surface area contributed by atoms with Crippen molar-refractivity contribution in [3.63, 3.8) is 0 Å². The quantitative estimate of drug-likeness (QED) is 0.801. The number of rotatable bonds is 2. The van der Waals surface area contributed by atoms with E-state index in [9.17, 15) is 9.18 Å². The highest BCUT2D eigenvalue weighted by atomic mass is 79.9. The number of halogens is 3. The third-order valence-corrected chi connectivity index (χ3v) is 3.15. The molecule has 0 aliphatic carbocycles. The van der Waals surface area contributed by atoms with Gasteiger partial charge in [0.1, 0.15) is 5.82 Å². The fourth-order valence-corrected chi connectivity index (χ4v) is 2.22. The minimum Gasteiger partial charge on any atom is -0.308 e. The van der Waals surface area contributed by atoms with Gasteiger partial charge in [0.05, 0.1) is 5.69 Å². The minimum absolute atomic E-state index is 0.377. The topological polar surface area (TPSA) is 41.1 Å². The number of urea groups is 1. The first-order valence-corrected chi connectivity index (χ1v) is 6.50. The first-order chi connectivity index (χ1) is 9.04. The lowest BCUT2D eigenvalue weighted by molar-refractivity contribution is 0.262. The fourth-order valence-electron chi connectivity index (χ4n) is 1.44. The predicted molar refractivity (Wildman–Crippen MR) is 78.2 cm³/mol. The molecule has 98 valence electrons. The summed E-state index contributed by atoms with van der Waals surface area (Å²) in [6, 6.07) is 10.2. The van der Waals surface area contributed by atoms with E-state index in [0.717, 1.165) is 0 Å². The Morgan fingerprint density at radius 3 is 2.63 bits per heavy atom. The van der Waals surface area contributed by atoms with Crippen LogP contribution in [0.25, 0.3) is 0 Å². The molecule has 2 rings (SSSR count). The van der Waals surface area contributed by atoms with E-state index >= 15 is 0 Å². The second kappa shape index (κ2) is 6.04. The van der Waals surface area contributed by atoms with Crippen LogP contribution in [0.4, 0.5) is 20.6 Å². The summed E-state index contributed by atoms with van der Waals surface area (Å²) in [5.74, 6) is -0.412. The lowest BCUT2D eigenvalue weighted by Gasteiger charge is -2.09. The number of carbonyl (C=O) groups excluding carboxylic acids is 1. The molecule has 3 nitrogen and oxygen atoms in total. The summed E-state index contributed by atoms with van der Waals surface area (Å²) in [7, 11) is 0. The highest BCUT2D eigenvalue weighted by Gasteiger charge is 2.06. The van der Waals surface area contributed by atoms with Gasteiger partial charge < -0.3 is 10.6 Å². The van der Waals surface area contributed by atoms with Crippen LogP contribution in [0.1, 0.15) is 0 Å². The van der Waals surface area contributed by atoms with Crippen LogP contribution in [-0.4, -0.2) is 6.03 Å². The maximum Gasteiger partial charge on any atom is 0.323 e. The first kappa shape index (κ1) is 13.8. The second-order valence-electron chi connectivity index (χ2n) is 3.71. The SMILES string of the molecule is O=C(Nc1cccc(F)c1)Nc1ccc(Cl)cc1Br. The van der Waals surface area contributed by atoms with Crippen molar-refractivity contribution >= 4 is 44.9 Å². The van der Waals surface area contributed by atoms with Gasteiger partial charge in [-0.3, -0.25) is 0 Å². The van der Waals surface area contributed by atoms with Crippen molar-refractivity contribution in [2.45, 2.75) is 0 Å². The molecule has 2 aromatic rings. The number of hydrogen-bond donors (Lipinski definition) is 2. The zero-order valence-corrected chi connectivity index (χ0v) is 11.9. The van der Waals surface area contributed by atoms with E-state index in [0.29, 0.717) is 20.9 Å². The fraction of sp³-hybridized carbons (Fsp3) is 0. The third kappa shape index (κ3) is 3.94. The van der Waals surface area contributed by atoms with Crippen LogP contribution >= 0.6 is 27.5 Å². The maximum absolute atomic E-state index is 13.0. The molecule has 0 saturated heterocycles. The van der Waals surface area contributed by atoms with Gasteiger partial charge in [-0.25, -0.2) is 9.18 Å². The largest absolute Gasteiger partial charge is 0.323 e. The van der Waals surface area contributed by atoms with Crippen LogP contribution < -0.4 is 10.6 Å². The highest BCUT2D eigenvalue weighted by molar-refractivity contribution is 9.10. The van der Waals surface area contributed by atoms with Gasteiger partial charge in [0.25, 0.3) is 0 Å². The minimum atomic E-state index is -0.464. The predicted octanol–water partition coefficient (Wildman–Crippen LogP) is 4.89. The van der Waals surface area contributed by atoms with Crippen molar-refractivity contribution in [3.05, 3.63) is 57.8 Å². The van der Waals surface area contributed by atoms with Crippen LogP contribution in [0.15, 0.2) is 46.9 Å². The average molecular weight is 344 g/mol. The van der Waals surface area contributed by atoms with Gasteiger partial charge in [0, 0.05) is 15.2 Å². The molecule has 0 saturated carbocycles. The van der Waals surface area contributed by atoms with Gasteiger partial charge in [-0.05, 0) is 52.3 Å². The van der Waals surface area contributed by atoms with Gasteiger partial charge in [-0.1, -0.05) is 17.7 Å². The molecule has 0 heterocycles. The van der Waals surface area contributed by atoms with E-state index in [1.165, 1.54) is 18.2 Å². The molecule has 2 aromatic carbocycles. The van der Waals surface area contributed by atoms with Crippen LogP contribution in [0, 0.1) is 5.82 Å². The number of nitrogens with one attached hydrogen (secondary N) is 2. The van der Waals surface area contributed by atoms with Crippen molar-refractivity contribution in [3.8, 4) is 0 Å². The molecule has 0 radical (unpaired) electrons. The van der Waals surface area contributed by atoms with Crippen molar-refractivity contribution in [1.82, 2.24) is 0 Å². The van der Waals surface area contributed by atoms with Gasteiger partial charge >= 0.3 is 6.03 Å². The molecule has 0 bridgehead atoms. The summed E-state index contributed by atoms with van der Waals surface area (Å²) in [5, 5.41) is 5.71. The smallest absolute Gasteiger partial charge is 0.308 e. The molecular formula is C13H9BrClFN2O. The van der Waals surface area contributed by atoms with E-state index in [-0.39, 0.29) is 0 Å². The monoisotopic (exact) mass is 342 g/mol. The number of hydrogen-bond acceptors (Lipinski definition) is 1. The molecule has 19 heavy (non-hydrogen) atoms. The van der Waals surface area contributed by atoms with Crippen LogP contribution in [0.3, 0.4) is 0 Å². The van der Waals surface area contributed by atoms with Crippen LogP contribution in [-0.2, 0) is 0 Å². The van der Waals surface area contributed by atoms with E-state index in [4.69, 9.17) is 11.6 Å². The van der Waals surface area contributed by atoms with Crippen molar-refractivity contribution in [1.29, 1.82) is 0 Å². The molecule has 0 aromatic heterocycles. The molecule has 0 aliphatic heterocycles. The van der Waals surface area contributed by atoms with Gasteiger partial charge in [-0.2, -0.15) is 0 Å². The zero-order valence-electron chi connectivity index (χ0n) is 9.58. The molecule has 0 unspecified atom stereocenters. The molecular weight excluding hydrogens is 335 g/mol. The van der Waals surface area contributed by atoms with E-state index in [1.807, 2.05) is 0 Å². The van der Waals surface area contributed by atoms with Gasteiger partial charge in [0.2, 0.25) is 0 Å². The zero-order chi connectivity index (χ0) is 13.8. The Kier molecular flexibility index (Phi) is 4.39. The molecule has 2 amide bonds. The Hall–Kier alpha value is -1.59. The summed E-state index contributed by atoms with van der Waals surface area (Å²) in [5.41, 5.74) is 0.945. The Bertz CT molecular complexity index is 621. The Morgan fingerprint density at radius 1 is 1.16 bits per heavy atom. The lowest BCUT2D eigenvalue weighted by atomic mass is 10.3. The summed E-state index contributed by atoms with van der Waals surface area (Å²) in [6.45, 7) is 0. The lowest BCUT2D eigenvalue weighted by Crippen LogP contribution is -2.19. The standard InChI is InChI=1S/C13H9BrClFN2O/c14-11-6-8(15)4-5-12(11)18-13(19)17-10-3-1-2-9(16)7-10/h1-7H,(H2,17,18,19). The Morgan fingerprint density at radius 2 is 1.95 bits per heavy atom. The van der Waals surface area contributed by atoms with E-state index in [1.54, 1.807) is 24.3 Å². The first-order valence-electron chi connectivity index (χ1n) is 5.33. The average Bonchev–Trinajstić information content (AvgIpc) is 2.33. The van der Waals surface area contributed by atoms with Gasteiger partial charge in [-0.15, -0.1) is 0 Å². The number of carbonyl (C=O) groups is 1. The molecule has 2 N–H and O–H groups in total. The summed E-state index contributed by atoms with van der Waals surface area (Å²) in [4.78, 5) is 11.7. The Labute approximate surface area is 122 Å². The summed E-state index contributed by atoms with van der Waals surface area (Å²) in [6.07, 6.45) is 0. The molecule has 6 heteroatoms. The number of anilines is 2. The molecule has 0 spiro atoms. The summed E-state index contributed by atoms with van der Waals surface area (Å²) < 4.78 is 13.6. The van der Waals surface area contributed by atoms with Crippen LogP contribution in [0.2, 0.25) is 5.02 Å². The van der Waals surface area contributed by atoms with Crippen molar-refractivity contribution in [2.75, 3.05) is 10.6 Å². The molecule has 0 fully saturated rings. The normalized spacial score (nSPS) is 10.1. The summed E-state index contributed by atoms with van der Waals surface area (Å²) >= 11 is 9.09. The van der Waals surface area contributed by atoms with Crippen molar-refractivity contribution in [2.24, 2.45) is 0 Å². The van der Waals surface area contributed by atoms with E-state index < -0.39 is 11.8 Å². The highest BCUT2D eigenvalue weighted by Crippen LogP contribution is 2.26. The van der Waals surface area contributed by atoms with Gasteiger partial charge in [0.15, 0.2) is 0 Å². The second-order valence-corrected chi connectivity index (χ2v) is 5.00. The maximum atomic E-state index is 13.0. The number of benzene rings is 2.